The summed E-state index contributed by atoms with van der Waals surface area (Å²) >= 11 is 0. The molecule has 0 aliphatic heterocycles. The summed E-state index contributed by atoms with van der Waals surface area (Å²) < 4.78 is 2.23. The van der Waals surface area contributed by atoms with Gasteiger partial charge in [-0.05, 0) is 30.4 Å². The number of hydrogen-bond acceptors (Lipinski definition) is 1. The molecule has 0 aliphatic rings. The average Bonchev–Trinajstić information content (AvgIpc) is 2.66. The normalized spacial score (nSPS) is 10.9. The third-order valence-corrected chi connectivity index (χ3v) is 2.94. The van der Waals surface area contributed by atoms with Crippen LogP contribution >= 0.6 is 0 Å². The predicted octanol–water partition coefficient (Wildman–Crippen LogP) is 3.07. The summed E-state index contributed by atoms with van der Waals surface area (Å²) in [6, 6.07) is 10.3. The number of carboxylic acids is 1. The van der Waals surface area contributed by atoms with Crippen LogP contribution in [0.4, 0.5) is 0 Å². The Labute approximate surface area is 101 Å². The average molecular weight is 231 g/mol. The van der Waals surface area contributed by atoms with Gasteiger partial charge in [-0.1, -0.05) is 25.1 Å². The Balaban J connectivity index is 2.38. The fourth-order valence-corrected chi connectivity index (χ4v) is 2.20. The van der Waals surface area contributed by atoms with E-state index < -0.39 is 5.97 Å². The standard InChI is InChI=1S/C14H17NO2/c1-2-9-15-12(7-8-14(16)17)10-11-5-3-4-6-13(11)15/h3-6,10H,2,7-9H2,1H3,(H,16,17). The van der Waals surface area contributed by atoms with Crippen molar-refractivity contribution < 1.29 is 9.90 Å². The lowest BCUT2D eigenvalue weighted by Gasteiger charge is -2.08. The number of para-hydroxylation sites is 1. The highest BCUT2D eigenvalue weighted by molar-refractivity contribution is 5.81. The summed E-state index contributed by atoms with van der Waals surface area (Å²) in [7, 11) is 0. The number of nitrogens with zero attached hydrogens (tertiary/aromatic N) is 1. The highest BCUT2D eigenvalue weighted by atomic mass is 16.4. The number of benzene rings is 1. The SMILES string of the molecule is CCCn1c(CCC(=O)O)cc2ccccc21. The molecule has 1 N–H and O–H groups in total. The summed E-state index contributed by atoms with van der Waals surface area (Å²) in [6.07, 6.45) is 1.85. The highest BCUT2D eigenvalue weighted by Crippen LogP contribution is 2.21. The molecule has 0 atom stereocenters. The maximum Gasteiger partial charge on any atom is 0.303 e. The van der Waals surface area contributed by atoms with Crippen LogP contribution in [-0.2, 0) is 17.8 Å². The largest absolute Gasteiger partial charge is 0.481 e. The van der Waals surface area contributed by atoms with E-state index in [0.29, 0.717) is 6.42 Å². The monoisotopic (exact) mass is 231 g/mol. The van der Waals surface area contributed by atoms with Crippen LogP contribution in [0.25, 0.3) is 10.9 Å². The lowest BCUT2D eigenvalue weighted by Crippen LogP contribution is -2.05. The first kappa shape index (κ1) is 11.7. The van der Waals surface area contributed by atoms with Gasteiger partial charge in [-0.2, -0.15) is 0 Å². The molecule has 2 aromatic rings. The van der Waals surface area contributed by atoms with Gasteiger partial charge in [0.1, 0.15) is 0 Å². The number of carbonyl (C=O) groups is 1. The second-order valence-corrected chi connectivity index (χ2v) is 4.24. The smallest absolute Gasteiger partial charge is 0.303 e. The molecule has 0 unspecified atom stereocenters. The molecule has 0 aliphatic carbocycles. The van der Waals surface area contributed by atoms with Crippen molar-refractivity contribution >= 4 is 16.9 Å². The minimum absolute atomic E-state index is 0.194. The zero-order valence-corrected chi connectivity index (χ0v) is 10.0. The Morgan fingerprint density at radius 2 is 2.12 bits per heavy atom. The number of hydrogen-bond donors (Lipinski definition) is 1. The Morgan fingerprint density at radius 3 is 2.82 bits per heavy atom. The molecule has 90 valence electrons. The van der Waals surface area contributed by atoms with E-state index in [-0.39, 0.29) is 6.42 Å². The molecule has 0 bridgehead atoms. The second kappa shape index (κ2) is 5.04. The Bertz CT molecular complexity index is 528. The first-order chi connectivity index (χ1) is 8.22. The maximum absolute atomic E-state index is 10.6. The first-order valence-corrected chi connectivity index (χ1v) is 6.01. The van der Waals surface area contributed by atoms with Crippen LogP contribution in [0.1, 0.15) is 25.5 Å². The van der Waals surface area contributed by atoms with E-state index >= 15 is 0 Å². The van der Waals surface area contributed by atoms with E-state index in [9.17, 15) is 4.79 Å². The molecule has 17 heavy (non-hydrogen) atoms. The van der Waals surface area contributed by atoms with Crippen molar-refractivity contribution in [1.29, 1.82) is 0 Å². The number of aliphatic carboxylic acids is 1. The lowest BCUT2D eigenvalue weighted by molar-refractivity contribution is -0.136. The minimum atomic E-state index is -0.738. The van der Waals surface area contributed by atoms with Crippen LogP contribution in [0.2, 0.25) is 0 Å². The topological polar surface area (TPSA) is 42.2 Å². The van der Waals surface area contributed by atoms with Crippen molar-refractivity contribution in [1.82, 2.24) is 4.57 Å². The van der Waals surface area contributed by atoms with Crippen LogP contribution < -0.4 is 0 Å². The fourth-order valence-electron chi connectivity index (χ4n) is 2.20. The number of rotatable bonds is 5. The molecule has 0 fully saturated rings. The molecule has 3 nitrogen and oxygen atoms in total. The molecule has 2 rings (SSSR count). The molecule has 0 saturated heterocycles. The number of carboxylic acid groups (broad SMARTS) is 1. The number of aromatic nitrogens is 1. The summed E-state index contributed by atoms with van der Waals surface area (Å²) in [6.45, 7) is 3.08. The molecular formula is C14H17NO2. The van der Waals surface area contributed by atoms with Crippen molar-refractivity contribution in [2.24, 2.45) is 0 Å². The summed E-state index contributed by atoms with van der Waals surface area (Å²) in [5.41, 5.74) is 2.32. The predicted molar refractivity (Wildman–Crippen MR) is 68.2 cm³/mol. The van der Waals surface area contributed by atoms with Gasteiger partial charge in [-0.15, -0.1) is 0 Å². The zero-order chi connectivity index (χ0) is 12.3. The zero-order valence-electron chi connectivity index (χ0n) is 10.0. The third-order valence-electron chi connectivity index (χ3n) is 2.94. The van der Waals surface area contributed by atoms with E-state index in [2.05, 4.69) is 29.7 Å². The maximum atomic E-state index is 10.6. The van der Waals surface area contributed by atoms with Gasteiger partial charge in [0, 0.05) is 17.8 Å². The molecule has 0 radical (unpaired) electrons. The van der Waals surface area contributed by atoms with E-state index in [1.807, 2.05) is 12.1 Å². The quantitative estimate of drug-likeness (QED) is 0.859. The molecule has 0 spiro atoms. The van der Waals surface area contributed by atoms with E-state index in [0.717, 1.165) is 18.7 Å². The van der Waals surface area contributed by atoms with Gasteiger partial charge < -0.3 is 9.67 Å². The first-order valence-electron chi connectivity index (χ1n) is 6.01. The van der Waals surface area contributed by atoms with Crippen LogP contribution in [0.15, 0.2) is 30.3 Å². The molecule has 0 amide bonds. The Kier molecular flexibility index (Phi) is 3.47. The molecule has 0 saturated carbocycles. The third kappa shape index (κ3) is 2.49. The van der Waals surface area contributed by atoms with Crippen molar-refractivity contribution in [2.75, 3.05) is 0 Å². The van der Waals surface area contributed by atoms with E-state index in [1.54, 1.807) is 0 Å². The lowest BCUT2D eigenvalue weighted by atomic mass is 10.2. The number of fused-ring (bicyclic) bond motifs is 1. The molecule has 3 heteroatoms. The molecule has 1 aromatic heterocycles. The van der Waals surface area contributed by atoms with Gasteiger partial charge in [0.05, 0.1) is 6.42 Å². The molecular weight excluding hydrogens is 214 g/mol. The van der Waals surface area contributed by atoms with E-state index in [1.165, 1.54) is 10.9 Å². The molecule has 1 heterocycles. The van der Waals surface area contributed by atoms with Crippen LogP contribution in [0.3, 0.4) is 0 Å². The van der Waals surface area contributed by atoms with Crippen LogP contribution in [0, 0.1) is 0 Å². The van der Waals surface area contributed by atoms with Gasteiger partial charge in [0.15, 0.2) is 0 Å². The minimum Gasteiger partial charge on any atom is -0.481 e. The van der Waals surface area contributed by atoms with Gasteiger partial charge >= 0.3 is 5.97 Å². The highest BCUT2D eigenvalue weighted by Gasteiger charge is 2.08. The summed E-state index contributed by atoms with van der Waals surface area (Å²) in [5, 5.41) is 9.96. The van der Waals surface area contributed by atoms with E-state index in [4.69, 9.17) is 5.11 Å². The summed E-state index contributed by atoms with van der Waals surface area (Å²) in [5.74, 6) is -0.738. The van der Waals surface area contributed by atoms with Gasteiger partial charge in [0.2, 0.25) is 0 Å². The van der Waals surface area contributed by atoms with Gasteiger partial charge in [-0.25, -0.2) is 0 Å². The van der Waals surface area contributed by atoms with Crippen molar-refractivity contribution in [3.8, 4) is 0 Å². The Morgan fingerprint density at radius 1 is 1.35 bits per heavy atom. The summed E-state index contributed by atoms with van der Waals surface area (Å²) in [4.78, 5) is 10.6. The van der Waals surface area contributed by atoms with Gasteiger partial charge in [-0.3, -0.25) is 4.79 Å². The van der Waals surface area contributed by atoms with Crippen LogP contribution in [-0.4, -0.2) is 15.6 Å². The second-order valence-electron chi connectivity index (χ2n) is 4.24. The van der Waals surface area contributed by atoms with Crippen molar-refractivity contribution in [2.45, 2.75) is 32.7 Å². The fraction of sp³-hybridized carbons (Fsp3) is 0.357. The van der Waals surface area contributed by atoms with Gasteiger partial charge in [0.25, 0.3) is 0 Å². The number of aryl methyl sites for hydroxylation is 2. The Hall–Kier alpha value is -1.77. The van der Waals surface area contributed by atoms with Crippen molar-refractivity contribution in [3.05, 3.63) is 36.0 Å². The van der Waals surface area contributed by atoms with Crippen molar-refractivity contribution in [3.63, 3.8) is 0 Å². The van der Waals surface area contributed by atoms with Crippen LogP contribution in [0.5, 0.6) is 0 Å². The molecule has 1 aromatic carbocycles.